The maximum absolute atomic E-state index is 12.6. The van der Waals surface area contributed by atoms with Crippen molar-refractivity contribution in [3.63, 3.8) is 0 Å². The summed E-state index contributed by atoms with van der Waals surface area (Å²) in [5.74, 6) is 1.44. The van der Waals surface area contributed by atoms with Crippen molar-refractivity contribution in [2.24, 2.45) is 0 Å². The molecule has 0 saturated carbocycles. The smallest absolute Gasteiger partial charge is 0.201 e. The predicted octanol–water partition coefficient (Wildman–Crippen LogP) is 2.48. The molecule has 0 spiro atoms. The fraction of sp³-hybridized carbons (Fsp3) is 0.429. The quantitative estimate of drug-likeness (QED) is 0.189. The molecule has 0 aromatic heterocycles. The molecule has 12 heteroatoms. The lowest BCUT2D eigenvalue weighted by Crippen LogP contribution is -2.47. The summed E-state index contributed by atoms with van der Waals surface area (Å²) in [5, 5.41) is 23.2. The van der Waals surface area contributed by atoms with E-state index in [0.717, 1.165) is 33.5 Å². The van der Waals surface area contributed by atoms with E-state index in [2.05, 4.69) is 28.4 Å². The topological polar surface area (TPSA) is 92.7 Å². The Labute approximate surface area is 244 Å². The molecule has 8 nitrogen and oxygen atoms in total. The number of methoxy groups -OCH3 is 1. The third kappa shape index (κ3) is 8.19. The number of thioether (sulfide) groups is 2. The van der Waals surface area contributed by atoms with E-state index < -0.39 is 11.4 Å². The minimum Gasteiger partial charge on any atom is -0.497 e. The highest BCUT2D eigenvalue weighted by Gasteiger charge is 2.37. The van der Waals surface area contributed by atoms with Gasteiger partial charge in [0.05, 0.1) is 62.2 Å². The van der Waals surface area contributed by atoms with E-state index in [1.54, 1.807) is 30.6 Å². The second kappa shape index (κ2) is 15.7. The number of β-amino-alcohol motifs (C(OH)–C–C–N with tert-alkyl or cyclic N) is 1. The molecule has 0 bridgehead atoms. The molecule has 2 aromatic rings. The van der Waals surface area contributed by atoms with E-state index >= 15 is 0 Å². The third-order valence-electron chi connectivity index (χ3n) is 6.27. The van der Waals surface area contributed by atoms with Crippen LogP contribution in [0.15, 0.2) is 69.4 Å². The number of fused-ring (bicyclic) bond motifs is 2. The van der Waals surface area contributed by atoms with Crippen molar-refractivity contribution in [3.05, 3.63) is 59.7 Å². The molecule has 4 rings (SSSR count). The molecule has 216 valence electrons. The van der Waals surface area contributed by atoms with E-state index in [1.165, 1.54) is 5.46 Å². The summed E-state index contributed by atoms with van der Waals surface area (Å²) in [6.07, 6.45) is 6.30. The van der Waals surface area contributed by atoms with Crippen LogP contribution in [0.4, 0.5) is 10.1 Å². The molecule has 1 unspecified atom stereocenters. The molecule has 40 heavy (non-hydrogen) atoms. The van der Waals surface area contributed by atoms with Crippen LogP contribution in [0.5, 0.6) is 11.5 Å². The number of ether oxygens (including phenoxy) is 4. The van der Waals surface area contributed by atoms with Crippen LogP contribution >= 0.6 is 23.5 Å². The van der Waals surface area contributed by atoms with Crippen molar-refractivity contribution in [1.29, 1.82) is 0 Å². The van der Waals surface area contributed by atoms with Gasteiger partial charge in [0.25, 0.3) is 0 Å². The predicted molar refractivity (Wildman–Crippen MR) is 161 cm³/mol. The molecular weight excluding hydrogens is 554 g/mol. The molecule has 1 atom stereocenters. The Bertz CT molecular complexity index is 1170. The van der Waals surface area contributed by atoms with Gasteiger partial charge in [0.1, 0.15) is 24.8 Å². The molecule has 0 aliphatic carbocycles. The molecule has 0 fully saturated rings. The highest BCUT2D eigenvalue weighted by molar-refractivity contribution is 8.03. The molecule has 2 heterocycles. The number of anilines is 1. The molecule has 3 N–H and O–H groups in total. The summed E-state index contributed by atoms with van der Waals surface area (Å²) >= 11 is 3.37. The Morgan fingerprint density at radius 1 is 1.00 bits per heavy atom. The summed E-state index contributed by atoms with van der Waals surface area (Å²) in [7, 11) is 2.41. The first-order valence-corrected chi connectivity index (χ1v) is 14.9. The Hall–Kier alpha value is -2.19. The van der Waals surface area contributed by atoms with Crippen LogP contribution in [-0.2, 0) is 9.47 Å². The largest absolute Gasteiger partial charge is 0.497 e. The van der Waals surface area contributed by atoms with Crippen molar-refractivity contribution in [1.82, 2.24) is 5.32 Å². The van der Waals surface area contributed by atoms with Crippen LogP contribution in [0.25, 0.3) is 0 Å². The summed E-state index contributed by atoms with van der Waals surface area (Å²) in [5.41, 5.74) is 2.21. The van der Waals surface area contributed by atoms with Crippen molar-refractivity contribution in [2.45, 2.75) is 14.6 Å². The number of halogens is 1. The van der Waals surface area contributed by atoms with Gasteiger partial charge in [-0.2, -0.15) is 0 Å². The van der Waals surface area contributed by atoms with Crippen LogP contribution in [0.2, 0.25) is 0 Å². The van der Waals surface area contributed by atoms with Gasteiger partial charge in [-0.05, 0) is 30.3 Å². The van der Waals surface area contributed by atoms with Gasteiger partial charge in [-0.15, -0.1) is 11.8 Å². The Morgan fingerprint density at radius 3 is 2.60 bits per heavy atom. The maximum atomic E-state index is 12.6. The number of nitrogens with zero attached hydrogens (tertiary/aromatic N) is 1. The molecule has 2 aromatic carbocycles. The van der Waals surface area contributed by atoms with Gasteiger partial charge in [0.2, 0.25) is 7.28 Å². The number of nitrogens with one attached hydrogen (secondary N) is 1. The van der Waals surface area contributed by atoms with Crippen LogP contribution < -0.4 is 25.2 Å². The molecular formula is C28H36BFN2O6S2. The lowest BCUT2D eigenvalue weighted by atomic mass is 9.62. The molecule has 0 radical (unpaired) electrons. The van der Waals surface area contributed by atoms with Crippen molar-refractivity contribution >= 4 is 42.0 Å². The number of rotatable bonds is 17. The standard InChI is InChI=1S/C28H36BFN2O6S2/c1-35-21-5-7-25-24(19-21)32(11-12-33)27(39-25)3-2-8-28(31-10-15-36-17-18-37-16-13-34)29-23-6-4-22(38-14-9-30)20-26(23)40-28/h2-8,19-20,29,31,33-34H,9-18H2,1H3/b8-2+,27-3-. The number of alkyl halides is 1. The number of hydrogen-bond acceptors (Lipinski definition) is 10. The molecule has 2 aliphatic heterocycles. The highest BCUT2D eigenvalue weighted by atomic mass is 32.2. The van der Waals surface area contributed by atoms with Gasteiger partial charge >= 0.3 is 0 Å². The maximum Gasteiger partial charge on any atom is 0.201 e. The summed E-state index contributed by atoms with van der Waals surface area (Å²) in [6.45, 7) is 2.38. The minimum absolute atomic E-state index is 0.00142. The number of benzene rings is 2. The van der Waals surface area contributed by atoms with Gasteiger partial charge in [0.15, 0.2) is 0 Å². The van der Waals surface area contributed by atoms with Crippen LogP contribution in [0.3, 0.4) is 0 Å². The Balaban J connectivity index is 1.47. The van der Waals surface area contributed by atoms with Crippen molar-refractivity contribution in [3.8, 4) is 11.5 Å². The molecule has 2 aliphatic rings. The zero-order chi connectivity index (χ0) is 28.2. The normalized spacial score (nSPS) is 18.8. The first kappa shape index (κ1) is 30.8. The van der Waals surface area contributed by atoms with E-state index in [1.807, 2.05) is 36.4 Å². The van der Waals surface area contributed by atoms with Crippen molar-refractivity contribution < 1.29 is 33.6 Å². The van der Waals surface area contributed by atoms with Crippen LogP contribution in [-0.4, -0.2) is 95.4 Å². The average molecular weight is 591 g/mol. The lowest BCUT2D eigenvalue weighted by molar-refractivity contribution is 0.0339. The minimum atomic E-state index is -0.528. The third-order valence-corrected chi connectivity index (χ3v) is 8.79. The molecule has 0 saturated heterocycles. The summed E-state index contributed by atoms with van der Waals surface area (Å²) in [6, 6.07) is 11.9. The SMILES string of the molecule is COc1ccc2c(c1)N(CCO)/C(=C/C=C/C1(NCCOCCOCCO)Bc3ccc(OCCF)cc3S1)S2. The Morgan fingerprint density at radius 2 is 1.82 bits per heavy atom. The van der Waals surface area contributed by atoms with Gasteiger partial charge in [-0.1, -0.05) is 35.4 Å². The zero-order valence-corrected chi connectivity index (χ0v) is 24.3. The van der Waals surface area contributed by atoms with Gasteiger partial charge in [-0.3, -0.25) is 0 Å². The van der Waals surface area contributed by atoms with Crippen LogP contribution in [0.1, 0.15) is 0 Å². The number of aliphatic hydroxyl groups excluding tert-OH is 2. The number of hydrogen-bond donors (Lipinski definition) is 3. The van der Waals surface area contributed by atoms with E-state index in [-0.39, 0.29) is 19.8 Å². The number of allylic oxidation sites excluding steroid dienone is 2. The number of aliphatic hydroxyl groups is 2. The van der Waals surface area contributed by atoms with E-state index in [0.29, 0.717) is 45.3 Å². The lowest BCUT2D eigenvalue weighted by Gasteiger charge is -2.26. The first-order chi connectivity index (χ1) is 19.6. The van der Waals surface area contributed by atoms with Gasteiger partial charge in [0, 0.05) is 28.9 Å². The zero-order valence-electron chi connectivity index (χ0n) is 22.6. The average Bonchev–Trinajstić information content (AvgIpc) is 3.50. The second-order valence-corrected chi connectivity index (χ2v) is 11.5. The summed E-state index contributed by atoms with van der Waals surface area (Å²) < 4.78 is 34.1. The molecule has 0 amide bonds. The van der Waals surface area contributed by atoms with Crippen molar-refractivity contribution in [2.75, 3.05) is 78.0 Å². The summed E-state index contributed by atoms with van der Waals surface area (Å²) in [4.78, 5) is 4.31. The highest BCUT2D eigenvalue weighted by Crippen LogP contribution is 2.47. The van der Waals surface area contributed by atoms with E-state index in [9.17, 15) is 9.50 Å². The first-order valence-electron chi connectivity index (χ1n) is 13.3. The fourth-order valence-corrected chi connectivity index (χ4v) is 6.93. The second-order valence-electron chi connectivity index (χ2n) is 9.03. The Kier molecular flexibility index (Phi) is 12.1. The van der Waals surface area contributed by atoms with E-state index in [4.69, 9.17) is 24.1 Å². The van der Waals surface area contributed by atoms with Crippen LogP contribution in [0, 0.1) is 0 Å². The fourth-order valence-electron chi connectivity index (χ4n) is 4.46. The van der Waals surface area contributed by atoms with Gasteiger partial charge < -0.3 is 39.4 Å². The van der Waals surface area contributed by atoms with Gasteiger partial charge in [-0.25, -0.2) is 4.39 Å². The monoisotopic (exact) mass is 590 g/mol.